The van der Waals surface area contributed by atoms with Crippen LogP contribution in [0.2, 0.25) is 0 Å². The molecule has 6 nitrogen and oxygen atoms in total. The van der Waals surface area contributed by atoms with Gasteiger partial charge in [0.05, 0.1) is 29.9 Å². The fourth-order valence-corrected chi connectivity index (χ4v) is 3.85. The molecule has 0 aromatic carbocycles. The summed E-state index contributed by atoms with van der Waals surface area (Å²) in [7, 11) is 3.36. The van der Waals surface area contributed by atoms with Crippen LogP contribution in [0.5, 0.6) is 0 Å². The monoisotopic (exact) mass is 386 g/mol. The summed E-state index contributed by atoms with van der Waals surface area (Å²) in [6.07, 6.45) is 1.67. The standard InChI is InChI=1S/C20H26N4O2S/c1-13-7-17(15(3)24(13)14(2)11-26-6)8-18(9-21)20(25)23(5)10-19-12-27-16(4)22-19/h7-8,12,14H,10-11H2,1-6H3. The third kappa shape index (κ3) is 4.85. The Morgan fingerprint density at radius 1 is 1.48 bits per heavy atom. The summed E-state index contributed by atoms with van der Waals surface area (Å²) in [5, 5.41) is 12.4. The van der Waals surface area contributed by atoms with Crippen LogP contribution in [0.15, 0.2) is 17.0 Å². The maximum atomic E-state index is 12.7. The second-order valence-electron chi connectivity index (χ2n) is 6.69. The van der Waals surface area contributed by atoms with Gasteiger partial charge in [-0.2, -0.15) is 5.26 Å². The van der Waals surface area contributed by atoms with E-state index in [4.69, 9.17) is 4.74 Å². The van der Waals surface area contributed by atoms with Crippen LogP contribution in [0, 0.1) is 32.1 Å². The van der Waals surface area contributed by atoms with Crippen LogP contribution >= 0.6 is 11.3 Å². The van der Waals surface area contributed by atoms with Gasteiger partial charge in [0, 0.05) is 30.9 Å². The van der Waals surface area contributed by atoms with E-state index in [1.807, 2.05) is 32.2 Å². The van der Waals surface area contributed by atoms with E-state index >= 15 is 0 Å². The van der Waals surface area contributed by atoms with Crippen molar-refractivity contribution in [1.82, 2.24) is 14.5 Å². The molecule has 0 aliphatic heterocycles. The van der Waals surface area contributed by atoms with Gasteiger partial charge in [0.25, 0.3) is 5.91 Å². The number of carbonyl (C=O) groups is 1. The number of hydrogen-bond acceptors (Lipinski definition) is 5. The Morgan fingerprint density at radius 3 is 2.74 bits per heavy atom. The molecule has 2 aromatic rings. The van der Waals surface area contributed by atoms with E-state index < -0.39 is 0 Å². The number of likely N-dealkylation sites (N-methyl/N-ethyl adjacent to an activating group) is 1. The Kier molecular flexibility index (Phi) is 6.94. The summed E-state index contributed by atoms with van der Waals surface area (Å²) >= 11 is 1.55. The largest absolute Gasteiger partial charge is 0.383 e. The van der Waals surface area contributed by atoms with Gasteiger partial charge >= 0.3 is 0 Å². The van der Waals surface area contributed by atoms with Crippen LogP contribution in [-0.2, 0) is 16.1 Å². The SMILES string of the molecule is COCC(C)n1c(C)cc(C=C(C#N)C(=O)N(C)Cc2csc(C)n2)c1C. The molecule has 144 valence electrons. The van der Waals surface area contributed by atoms with E-state index in [9.17, 15) is 10.1 Å². The molecule has 0 fully saturated rings. The molecule has 1 unspecified atom stereocenters. The first-order valence-electron chi connectivity index (χ1n) is 8.74. The maximum Gasteiger partial charge on any atom is 0.264 e. The highest BCUT2D eigenvalue weighted by Gasteiger charge is 2.18. The number of methoxy groups -OCH3 is 1. The van der Waals surface area contributed by atoms with Crippen molar-refractivity contribution in [2.45, 2.75) is 40.3 Å². The lowest BCUT2D eigenvalue weighted by Gasteiger charge is -2.17. The number of thiazole rings is 1. The van der Waals surface area contributed by atoms with Crippen molar-refractivity contribution >= 4 is 23.3 Å². The minimum atomic E-state index is -0.308. The molecule has 0 aliphatic carbocycles. The number of rotatable bonds is 7. The lowest BCUT2D eigenvalue weighted by Crippen LogP contribution is -2.27. The molecule has 0 bridgehead atoms. The van der Waals surface area contributed by atoms with Crippen molar-refractivity contribution in [3.05, 3.63) is 44.7 Å². The number of aryl methyl sites for hydroxylation is 2. The molecule has 1 amide bonds. The summed E-state index contributed by atoms with van der Waals surface area (Å²) in [4.78, 5) is 18.6. The van der Waals surface area contributed by atoms with Crippen molar-refractivity contribution in [2.75, 3.05) is 20.8 Å². The number of amides is 1. The second kappa shape index (κ2) is 8.98. The highest BCUT2D eigenvalue weighted by molar-refractivity contribution is 7.09. The zero-order chi connectivity index (χ0) is 20.1. The predicted molar refractivity (Wildman–Crippen MR) is 107 cm³/mol. The smallest absolute Gasteiger partial charge is 0.264 e. The number of nitrogens with zero attached hydrogens (tertiary/aromatic N) is 4. The average Bonchev–Trinajstić information content (AvgIpc) is 3.14. The van der Waals surface area contributed by atoms with Crippen LogP contribution in [0.3, 0.4) is 0 Å². The Morgan fingerprint density at radius 2 is 2.19 bits per heavy atom. The summed E-state index contributed by atoms with van der Waals surface area (Å²) in [6, 6.07) is 4.22. The Labute approximate surface area is 164 Å². The Bertz CT molecular complexity index is 888. The van der Waals surface area contributed by atoms with Gasteiger partial charge < -0.3 is 14.2 Å². The van der Waals surface area contributed by atoms with Crippen LogP contribution in [0.1, 0.15) is 40.6 Å². The Hall–Kier alpha value is -2.43. The van der Waals surface area contributed by atoms with Gasteiger partial charge in [-0.15, -0.1) is 11.3 Å². The molecular weight excluding hydrogens is 360 g/mol. The molecule has 0 aliphatic rings. The van der Waals surface area contributed by atoms with E-state index in [1.54, 1.807) is 31.6 Å². The van der Waals surface area contributed by atoms with Crippen molar-refractivity contribution in [3.63, 3.8) is 0 Å². The lowest BCUT2D eigenvalue weighted by molar-refractivity contribution is -0.125. The fraction of sp³-hybridized carbons (Fsp3) is 0.450. The molecule has 2 aromatic heterocycles. The van der Waals surface area contributed by atoms with E-state index in [0.717, 1.165) is 27.7 Å². The number of aromatic nitrogens is 2. The van der Waals surface area contributed by atoms with E-state index in [2.05, 4.69) is 22.5 Å². The van der Waals surface area contributed by atoms with E-state index in [-0.39, 0.29) is 17.5 Å². The minimum Gasteiger partial charge on any atom is -0.383 e. The van der Waals surface area contributed by atoms with Crippen LogP contribution in [0.25, 0.3) is 6.08 Å². The summed E-state index contributed by atoms with van der Waals surface area (Å²) < 4.78 is 7.42. The number of nitriles is 1. The maximum absolute atomic E-state index is 12.7. The fourth-order valence-electron chi connectivity index (χ4n) is 3.24. The molecule has 0 spiro atoms. The van der Waals surface area contributed by atoms with Gasteiger partial charge in [-0.3, -0.25) is 4.79 Å². The van der Waals surface area contributed by atoms with E-state index in [1.165, 1.54) is 4.90 Å². The molecule has 7 heteroatoms. The third-order valence-electron chi connectivity index (χ3n) is 4.44. The minimum absolute atomic E-state index is 0.115. The molecule has 0 saturated heterocycles. The molecule has 0 N–H and O–H groups in total. The number of hydrogen-bond donors (Lipinski definition) is 0. The highest BCUT2D eigenvalue weighted by Crippen LogP contribution is 2.23. The van der Waals surface area contributed by atoms with Gasteiger partial charge in [-0.25, -0.2) is 4.98 Å². The van der Waals surface area contributed by atoms with Crippen LogP contribution in [0.4, 0.5) is 0 Å². The quantitative estimate of drug-likeness (QED) is 0.538. The summed E-state index contributed by atoms with van der Waals surface area (Å²) in [5.41, 5.74) is 3.90. The molecule has 2 heterocycles. The molecule has 27 heavy (non-hydrogen) atoms. The van der Waals surface area contributed by atoms with Crippen LogP contribution in [-0.4, -0.2) is 41.1 Å². The first-order chi connectivity index (χ1) is 12.8. The van der Waals surface area contributed by atoms with E-state index in [0.29, 0.717) is 13.2 Å². The predicted octanol–water partition coefficient (Wildman–Crippen LogP) is 3.64. The normalized spacial score (nSPS) is 12.7. The van der Waals surface area contributed by atoms with Gasteiger partial charge in [-0.05, 0) is 45.4 Å². The summed E-state index contributed by atoms with van der Waals surface area (Å²) in [6.45, 7) is 8.99. The molecule has 2 rings (SSSR count). The van der Waals surface area contributed by atoms with Gasteiger partial charge in [0.15, 0.2) is 0 Å². The van der Waals surface area contributed by atoms with Crippen molar-refractivity contribution in [1.29, 1.82) is 5.26 Å². The average molecular weight is 387 g/mol. The number of ether oxygens (including phenoxy) is 1. The third-order valence-corrected chi connectivity index (χ3v) is 5.26. The first kappa shape index (κ1) is 20.9. The lowest BCUT2D eigenvalue weighted by atomic mass is 10.1. The number of carbonyl (C=O) groups excluding carboxylic acids is 1. The molecule has 1 atom stereocenters. The van der Waals surface area contributed by atoms with Crippen molar-refractivity contribution < 1.29 is 9.53 Å². The topological polar surface area (TPSA) is 71.2 Å². The van der Waals surface area contributed by atoms with Gasteiger partial charge in [-0.1, -0.05) is 0 Å². The second-order valence-corrected chi connectivity index (χ2v) is 7.75. The van der Waals surface area contributed by atoms with Crippen LogP contribution < -0.4 is 0 Å². The summed E-state index contributed by atoms with van der Waals surface area (Å²) in [5.74, 6) is -0.308. The first-order valence-corrected chi connectivity index (χ1v) is 9.62. The zero-order valence-corrected chi connectivity index (χ0v) is 17.6. The molecule has 0 radical (unpaired) electrons. The Balaban J connectivity index is 2.26. The van der Waals surface area contributed by atoms with Gasteiger partial charge in [0.2, 0.25) is 0 Å². The molecule has 0 saturated carbocycles. The zero-order valence-electron chi connectivity index (χ0n) is 16.7. The highest BCUT2D eigenvalue weighted by atomic mass is 32.1. The van der Waals surface area contributed by atoms with Crippen molar-refractivity contribution in [3.8, 4) is 6.07 Å². The van der Waals surface area contributed by atoms with Crippen molar-refractivity contribution in [2.24, 2.45) is 0 Å². The van der Waals surface area contributed by atoms with Gasteiger partial charge in [0.1, 0.15) is 11.6 Å². The molecular formula is C20H26N4O2S.